The van der Waals surface area contributed by atoms with Gasteiger partial charge in [0.15, 0.2) is 0 Å². The number of fused-ring (bicyclic) bond motifs is 1. The fourth-order valence-corrected chi connectivity index (χ4v) is 4.89. The summed E-state index contributed by atoms with van der Waals surface area (Å²) in [7, 11) is 0. The smallest absolute Gasteiger partial charge is 0.307 e. The number of ether oxygens (including phenoxy) is 2. The second kappa shape index (κ2) is 14.2. The summed E-state index contributed by atoms with van der Waals surface area (Å²) < 4.78 is 13.7. The van der Waals surface area contributed by atoms with Crippen LogP contribution in [0.5, 0.6) is 11.5 Å². The minimum atomic E-state index is -0.905. The third-order valence-electron chi connectivity index (χ3n) is 6.88. The molecular formula is C34H37NO6. The van der Waals surface area contributed by atoms with Crippen molar-refractivity contribution in [3.63, 3.8) is 0 Å². The number of carboxylic acids is 2. The van der Waals surface area contributed by atoms with Gasteiger partial charge in [-0.3, -0.25) is 9.59 Å². The van der Waals surface area contributed by atoms with E-state index in [-0.39, 0.29) is 12.8 Å². The molecule has 3 aromatic carbocycles. The first-order chi connectivity index (χ1) is 19.8. The lowest BCUT2D eigenvalue weighted by atomic mass is 10.0. The van der Waals surface area contributed by atoms with E-state index in [4.69, 9.17) is 14.6 Å². The highest BCUT2D eigenvalue weighted by molar-refractivity contribution is 5.96. The second-order valence-electron chi connectivity index (χ2n) is 10.2. The standard InChI is InChI=1S/C34H37NO6/c1-24-10-17-31(25(2)21-24)41-20-4-3-19-40-29-15-12-26(13-16-29)11-14-27-7-5-8-30-34(27)28(22-33(38)39)23-35(30)18-6-9-32(36)37/h5,7-8,10-17,21,23H,3-4,6,9,18-20,22H2,1-2H3,(H,36,37)(H,38,39)/b14-11+. The van der Waals surface area contributed by atoms with Crippen molar-refractivity contribution in [2.75, 3.05) is 13.2 Å². The third-order valence-corrected chi connectivity index (χ3v) is 6.88. The Morgan fingerprint density at radius 1 is 0.854 bits per heavy atom. The van der Waals surface area contributed by atoms with Gasteiger partial charge in [0.05, 0.1) is 19.6 Å². The van der Waals surface area contributed by atoms with Crippen LogP contribution >= 0.6 is 0 Å². The molecule has 0 fully saturated rings. The molecule has 7 heteroatoms. The molecule has 0 aliphatic heterocycles. The number of aryl methyl sites for hydroxylation is 3. The van der Waals surface area contributed by atoms with E-state index >= 15 is 0 Å². The monoisotopic (exact) mass is 555 g/mol. The van der Waals surface area contributed by atoms with Gasteiger partial charge in [-0.1, -0.05) is 54.1 Å². The van der Waals surface area contributed by atoms with E-state index in [1.165, 1.54) is 5.56 Å². The van der Waals surface area contributed by atoms with Gasteiger partial charge in [-0.15, -0.1) is 0 Å². The van der Waals surface area contributed by atoms with Crippen LogP contribution in [0.25, 0.3) is 23.1 Å². The van der Waals surface area contributed by atoms with Crippen LogP contribution in [0.15, 0.2) is 66.9 Å². The van der Waals surface area contributed by atoms with E-state index in [1.807, 2.05) is 71.4 Å². The second-order valence-corrected chi connectivity index (χ2v) is 10.2. The van der Waals surface area contributed by atoms with Crippen LogP contribution in [0.1, 0.15) is 53.5 Å². The molecule has 41 heavy (non-hydrogen) atoms. The van der Waals surface area contributed by atoms with Gasteiger partial charge in [0.1, 0.15) is 11.5 Å². The Labute approximate surface area is 240 Å². The molecule has 0 unspecified atom stereocenters. The van der Waals surface area contributed by atoms with Gasteiger partial charge in [0.25, 0.3) is 0 Å². The number of rotatable bonds is 15. The molecule has 0 radical (unpaired) electrons. The van der Waals surface area contributed by atoms with Crippen LogP contribution in [0.2, 0.25) is 0 Å². The average molecular weight is 556 g/mol. The number of unbranched alkanes of at least 4 members (excludes halogenated alkanes) is 1. The first-order valence-corrected chi connectivity index (χ1v) is 14.0. The van der Waals surface area contributed by atoms with Crippen LogP contribution in [0.3, 0.4) is 0 Å². The summed E-state index contributed by atoms with van der Waals surface area (Å²) in [6, 6.07) is 19.9. The summed E-state index contributed by atoms with van der Waals surface area (Å²) in [5.74, 6) is -0.00629. The minimum absolute atomic E-state index is 0.0649. The SMILES string of the molecule is Cc1ccc(OCCCCOc2ccc(/C=C/c3cccc4c3c(CC(=O)O)cn4CCCC(=O)O)cc2)c(C)c1. The maximum absolute atomic E-state index is 11.5. The van der Waals surface area contributed by atoms with Gasteiger partial charge in [0, 0.05) is 30.1 Å². The molecule has 7 nitrogen and oxygen atoms in total. The number of aliphatic carboxylic acids is 2. The Bertz CT molecular complexity index is 1520. The van der Waals surface area contributed by atoms with Crippen molar-refractivity contribution in [2.24, 2.45) is 0 Å². The van der Waals surface area contributed by atoms with E-state index in [0.717, 1.165) is 51.9 Å². The lowest BCUT2D eigenvalue weighted by molar-refractivity contribution is -0.137. The summed E-state index contributed by atoms with van der Waals surface area (Å²) in [6.07, 6.45) is 8.05. The lowest BCUT2D eigenvalue weighted by Crippen LogP contribution is -2.03. The van der Waals surface area contributed by atoms with Crippen LogP contribution in [0, 0.1) is 13.8 Å². The van der Waals surface area contributed by atoms with Gasteiger partial charge in [-0.05, 0) is 79.6 Å². The van der Waals surface area contributed by atoms with Crippen LogP contribution in [0.4, 0.5) is 0 Å². The fourth-order valence-electron chi connectivity index (χ4n) is 4.89. The number of benzene rings is 3. The van der Waals surface area contributed by atoms with Crippen molar-refractivity contribution < 1.29 is 29.3 Å². The first kappa shape index (κ1) is 29.5. The van der Waals surface area contributed by atoms with Crippen LogP contribution < -0.4 is 9.47 Å². The fraction of sp³-hybridized carbons (Fsp3) is 0.294. The molecule has 0 aliphatic carbocycles. The zero-order valence-corrected chi connectivity index (χ0v) is 23.6. The van der Waals surface area contributed by atoms with Crippen molar-refractivity contribution in [2.45, 2.75) is 52.5 Å². The maximum Gasteiger partial charge on any atom is 0.307 e. The molecule has 0 spiro atoms. The van der Waals surface area contributed by atoms with Crippen molar-refractivity contribution in [1.29, 1.82) is 0 Å². The van der Waals surface area contributed by atoms with E-state index in [0.29, 0.717) is 31.7 Å². The predicted molar refractivity (Wildman–Crippen MR) is 162 cm³/mol. The molecule has 4 aromatic rings. The topological polar surface area (TPSA) is 98.0 Å². The van der Waals surface area contributed by atoms with Gasteiger partial charge in [0.2, 0.25) is 0 Å². The Morgan fingerprint density at radius 3 is 2.32 bits per heavy atom. The highest BCUT2D eigenvalue weighted by atomic mass is 16.5. The van der Waals surface area contributed by atoms with Crippen molar-refractivity contribution in [3.05, 3.63) is 94.7 Å². The van der Waals surface area contributed by atoms with Crippen LogP contribution in [-0.4, -0.2) is 39.9 Å². The molecule has 0 amide bonds. The molecule has 0 atom stereocenters. The molecule has 1 heterocycles. The van der Waals surface area contributed by atoms with Crippen LogP contribution in [-0.2, 0) is 22.6 Å². The molecule has 4 rings (SSSR count). The molecular weight excluding hydrogens is 518 g/mol. The van der Waals surface area contributed by atoms with Gasteiger partial charge < -0.3 is 24.3 Å². The number of hydrogen-bond donors (Lipinski definition) is 2. The Hall–Kier alpha value is -4.52. The number of carboxylic acid groups (broad SMARTS) is 2. The highest BCUT2D eigenvalue weighted by Crippen LogP contribution is 2.28. The number of carbonyl (C=O) groups is 2. The Balaban J connectivity index is 1.33. The molecule has 1 aromatic heterocycles. The van der Waals surface area contributed by atoms with E-state index in [1.54, 1.807) is 0 Å². The molecule has 0 aliphatic rings. The van der Waals surface area contributed by atoms with E-state index in [9.17, 15) is 14.7 Å². The molecule has 2 N–H and O–H groups in total. The third kappa shape index (κ3) is 8.48. The summed E-state index contributed by atoms with van der Waals surface area (Å²) >= 11 is 0. The molecule has 0 bridgehead atoms. The van der Waals surface area contributed by atoms with Crippen molar-refractivity contribution in [1.82, 2.24) is 4.57 Å². The van der Waals surface area contributed by atoms with Gasteiger partial charge in [-0.2, -0.15) is 0 Å². The molecule has 0 saturated carbocycles. The summed E-state index contributed by atoms with van der Waals surface area (Å²) in [6.45, 7) is 5.92. The quantitative estimate of drug-likeness (QED) is 0.119. The van der Waals surface area contributed by atoms with Gasteiger partial charge >= 0.3 is 11.9 Å². The van der Waals surface area contributed by atoms with Crippen molar-refractivity contribution >= 4 is 35.0 Å². The summed E-state index contributed by atoms with van der Waals surface area (Å²) in [4.78, 5) is 22.5. The summed E-state index contributed by atoms with van der Waals surface area (Å²) in [5, 5.41) is 19.3. The number of hydrogen-bond acceptors (Lipinski definition) is 4. The Kier molecular flexibility index (Phi) is 10.2. The van der Waals surface area contributed by atoms with E-state index in [2.05, 4.69) is 26.0 Å². The van der Waals surface area contributed by atoms with E-state index < -0.39 is 11.9 Å². The Morgan fingerprint density at radius 2 is 1.61 bits per heavy atom. The number of aromatic nitrogens is 1. The molecule has 214 valence electrons. The number of nitrogens with zero attached hydrogens (tertiary/aromatic N) is 1. The zero-order chi connectivity index (χ0) is 29.2. The average Bonchev–Trinajstić information content (AvgIpc) is 3.28. The van der Waals surface area contributed by atoms with Gasteiger partial charge in [-0.25, -0.2) is 0 Å². The van der Waals surface area contributed by atoms with Crippen molar-refractivity contribution in [3.8, 4) is 11.5 Å². The summed E-state index contributed by atoms with van der Waals surface area (Å²) in [5.41, 5.74) is 5.91. The normalized spacial score (nSPS) is 11.3. The lowest BCUT2D eigenvalue weighted by Gasteiger charge is -2.10. The highest BCUT2D eigenvalue weighted by Gasteiger charge is 2.14. The first-order valence-electron chi connectivity index (χ1n) is 14.0. The largest absolute Gasteiger partial charge is 0.494 e. The zero-order valence-electron chi connectivity index (χ0n) is 23.6. The minimum Gasteiger partial charge on any atom is -0.494 e. The molecule has 0 saturated heterocycles. The maximum atomic E-state index is 11.5. The predicted octanol–water partition coefficient (Wildman–Crippen LogP) is 7.16.